The first-order valence-electron chi connectivity index (χ1n) is 10.9. The number of aliphatic hydroxyl groups is 1. The fourth-order valence-electron chi connectivity index (χ4n) is 3.78. The van der Waals surface area contributed by atoms with Crippen LogP contribution in [0.15, 0.2) is 40.8 Å². The number of carbonyl (C=O) groups excluding carboxylic acids is 1. The molecule has 1 unspecified atom stereocenters. The molecule has 0 aromatic heterocycles. The average Bonchev–Trinajstić information content (AvgIpc) is 2.68. The summed E-state index contributed by atoms with van der Waals surface area (Å²) in [6.45, 7) is 14.6. The monoisotopic (exact) mass is 432 g/mol. The van der Waals surface area contributed by atoms with Gasteiger partial charge in [-0.3, -0.25) is 0 Å². The first-order valence-corrected chi connectivity index (χ1v) is 11.3. The molecule has 0 aliphatic rings. The van der Waals surface area contributed by atoms with Crippen LogP contribution in [0.4, 0.5) is 0 Å². The Bertz CT molecular complexity index is 780. The quantitative estimate of drug-likeness (QED) is 0.257. The zero-order chi connectivity index (χ0) is 23.1. The molecule has 1 rings (SSSR count). The minimum absolute atomic E-state index is 0.0971. The second-order valence-electron chi connectivity index (χ2n) is 9.25. The maximum atomic E-state index is 11.9. The van der Waals surface area contributed by atoms with Crippen LogP contribution in [-0.2, 0) is 10.2 Å². The Morgan fingerprint density at radius 3 is 2.30 bits per heavy atom. The summed E-state index contributed by atoms with van der Waals surface area (Å²) >= 11 is 4.93. The molecule has 30 heavy (non-hydrogen) atoms. The predicted octanol–water partition coefficient (Wildman–Crippen LogP) is 6.79. The highest BCUT2D eigenvalue weighted by atomic mass is 32.1. The van der Waals surface area contributed by atoms with Crippen LogP contribution < -0.4 is 0 Å². The molecule has 0 spiro atoms. The Morgan fingerprint density at radius 2 is 1.83 bits per heavy atom. The Labute approximate surface area is 189 Å². The molecule has 1 N–H and O–H groups in total. The number of allylic oxidation sites excluding steroid dienone is 4. The van der Waals surface area contributed by atoms with Crippen molar-refractivity contribution >= 4 is 18.6 Å². The smallest absolute Gasteiger partial charge is 0.338 e. The van der Waals surface area contributed by atoms with Crippen LogP contribution in [0.5, 0.6) is 0 Å². The number of hydrogen-bond donors (Lipinski definition) is 2. The third-order valence-electron chi connectivity index (χ3n) is 6.15. The molecule has 1 aromatic carbocycles. The van der Waals surface area contributed by atoms with Crippen LogP contribution >= 0.6 is 12.6 Å². The van der Waals surface area contributed by atoms with Gasteiger partial charge in [-0.15, -0.1) is 12.6 Å². The molecule has 0 amide bonds. The van der Waals surface area contributed by atoms with Crippen molar-refractivity contribution in [2.24, 2.45) is 5.41 Å². The second-order valence-corrected chi connectivity index (χ2v) is 9.73. The van der Waals surface area contributed by atoms with E-state index in [1.807, 2.05) is 19.1 Å². The van der Waals surface area contributed by atoms with Crippen LogP contribution in [0.2, 0.25) is 0 Å². The lowest BCUT2D eigenvalue weighted by Gasteiger charge is -2.34. The van der Waals surface area contributed by atoms with Crippen molar-refractivity contribution in [3.8, 4) is 0 Å². The highest BCUT2D eigenvalue weighted by molar-refractivity contribution is 7.84. The van der Waals surface area contributed by atoms with Crippen molar-refractivity contribution < 1.29 is 14.6 Å². The molecule has 0 saturated heterocycles. The standard InChI is InChI=1S/C26H40O3S/c1-9-26(10-2,20-14-15-21(19(4)17-20)24(28)29-8)23(30)16-18(3)12-11-13-22(27)25(5,6)7/h12,14-17,22,27,30H,9-11,13H2,1-8H3/b18-12+,23-16-. The summed E-state index contributed by atoms with van der Waals surface area (Å²) < 4.78 is 4.88. The van der Waals surface area contributed by atoms with Crippen molar-refractivity contribution in [1.82, 2.24) is 0 Å². The summed E-state index contributed by atoms with van der Waals surface area (Å²) in [5.74, 6) is -0.310. The molecule has 0 radical (unpaired) electrons. The molecular formula is C26H40O3S. The number of ether oxygens (including phenoxy) is 1. The first-order chi connectivity index (χ1) is 13.9. The zero-order valence-electron chi connectivity index (χ0n) is 20.0. The molecule has 0 aliphatic carbocycles. The fraction of sp³-hybridized carbons (Fsp3) is 0.577. The predicted molar refractivity (Wildman–Crippen MR) is 130 cm³/mol. The van der Waals surface area contributed by atoms with Gasteiger partial charge in [0.2, 0.25) is 0 Å². The van der Waals surface area contributed by atoms with E-state index in [2.05, 4.69) is 59.8 Å². The molecule has 4 heteroatoms. The third-order valence-corrected chi connectivity index (χ3v) is 6.71. The summed E-state index contributed by atoms with van der Waals surface area (Å²) in [5.41, 5.74) is 3.52. The van der Waals surface area contributed by atoms with Crippen molar-refractivity contribution in [2.75, 3.05) is 7.11 Å². The van der Waals surface area contributed by atoms with Crippen LogP contribution in [0, 0.1) is 12.3 Å². The van der Waals surface area contributed by atoms with Crippen LogP contribution in [0.1, 0.15) is 88.7 Å². The number of thiol groups is 1. The van der Waals surface area contributed by atoms with Gasteiger partial charge in [-0.05, 0) is 73.1 Å². The second kappa shape index (κ2) is 11.2. The van der Waals surface area contributed by atoms with Gasteiger partial charge < -0.3 is 9.84 Å². The number of methoxy groups -OCH3 is 1. The number of benzene rings is 1. The largest absolute Gasteiger partial charge is 0.465 e. The van der Waals surface area contributed by atoms with E-state index in [-0.39, 0.29) is 22.9 Å². The number of esters is 1. The van der Waals surface area contributed by atoms with Gasteiger partial charge in [0, 0.05) is 5.41 Å². The van der Waals surface area contributed by atoms with Gasteiger partial charge in [0.25, 0.3) is 0 Å². The van der Waals surface area contributed by atoms with E-state index in [0.29, 0.717) is 5.56 Å². The molecule has 1 atom stereocenters. The number of rotatable bonds is 9. The lowest BCUT2D eigenvalue weighted by molar-refractivity contribution is 0.0565. The molecular weight excluding hydrogens is 392 g/mol. The summed E-state index contributed by atoms with van der Waals surface area (Å²) in [4.78, 5) is 13.0. The average molecular weight is 433 g/mol. The van der Waals surface area contributed by atoms with Crippen LogP contribution in [-0.4, -0.2) is 24.3 Å². The SMILES string of the molecule is CCC(CC)(/C(S)=C/C(C)=C/CCC(O)C(C)(C)C)c1ccc(C(=O)OC)c(C)c1. The normalized spacial score (nSPS) is 14.6. The lowest BCUT2D eigenvalue weighted by atomic mass is 9.74. The summed E-state index contributed by atoms with van der Waals surface area (Å²) in [6, 6.07) is 5.96. The van der Waals surface area contributed by atoms with Crippen LogP contribution in [0.25, 0.3) is 0 Å². The van der Waals surface area contributed by atoms with Gasteiger partial charge in [-0.25, -0.2) is 4.79 Å². The molecule has 0 fully saturated rings. The minimum atomic E-state index is -0.317. The summed E-state index contributed by atoms with van der Waals surface area (Å²) in [5, 5.41) is 10.2. The van der Waals surface area contributed by atoms with E-state index < -0.39 is 0 Å². The Morgan fingerprint density at radius 1 is 1.23 bits per heavy atom. The molecule has 3 nitrogen and oxygen atoms in total. The topological polar surface area (TPSA) is 46.5 Å². The molecule has 0 bridgehead atoms. The Kier molecular flexibility index (Phi) is 9.90. The van der Waals surface area contributed by atoms with E-state index in [9.17, 15) is 9.90 Å². The van der Waals surface area contributed by atoms with E-state index in [1.165, 1.54) is 7.11 Å². The fourth-order valence-corrected chi connectivity index (χ4v) is 4.43. The zero-order valence-corrected chi connectivity index (χ0v) is 20.9. The number of carbonyl (C=O) groups is 1. The number of aryl methyl sites for hydroxylation is 1. The lowest BCUT2D eigenvalue weighted by Crippen LogP contribution is -2.26. The molecule has 168 valence electrons. The molecule has 0 saturated carbocycles. The van der Waals surface area contributed by atoms with E-state index in [0.717, 1.165) is 47.3 Å². The van der Waals surface area contributed by atoms with Crippen molar-refractivity contribution in [3.63, 3.8) is 0 Å². The van der Waals surface area contributed by atoms with E-state index in [4.69, 9.17) is 17.4 Å². The van der Waals surface area contributed by atoms with Gasteiger partial charge in [0.05, 0.1) is 18.8 Å². The van der Waals surface area contributed by atoms with Gasteiger partial charge in [-0.1, -0.05) is 58.4 Å². The Hall–Kier alpha value is -1.52. The molecule has 1 aromatic rings. The van der Waals surface area contributed by atoms with Crippen molar-refractivity contribution in [3.05, 3.63) is 57.5 Å². The molecule has 0 heterocycles. The van der Waals surface area contributed by atoms with E-state index >= 15 is 0 Å². The van der Waals surface area contributed by atoms with Crippen LogP contribution in [0.3, 0.4) is 0 Å². The number of aliphatic hydroxyl groups excluding tert-OH is 1. The third kappa shape index (κ3) is 6.49. The molecule has 0 aliphatic heterocycles. The summed E-state index contributed by atoms with van der Waals surface area (Å²) in [7, 11) is 1.40. The maximum Gasteiger partial charge on any atom is 0.338 e. The van der Waals surface area contributed by atoms with Crippen molar-refractivity contribution in [1.29, 1.82) is 0 Å². The van der Waals surface area contributed by atoms with Gasteiger partial charge in [0.15, 0.2) is 0 Å². The van der Waals surface area contributed by atoms with Gasteiger partial charge in [0.1, 0.15) is 0 Å². The highest BCUT2D eigenvalue weighted by Crippen LogP contribution is 2.42. The minimum Gasteiger partial charge on any atom is -0.465 e. The van der Waals surface area contributed by atoms with E-state index in [1.54, 1.807) is 0 Å². The first kappa shape index (κ1) is 26.5. The summed E-state index contributed by atoms with van der Waals surface area (Å²) in [6.07, 6.45) is 7.40. The Balaban J connectivity index is 3.17. The number of hydrogen-bond acceptors (Lipinski definition) is 4. The van der Waals surface area contributed by atoms with Gasteiger partial charge >= 0.3 is 5.97 Å². The van der Waals surface area contributed by atoms with Gasteiger partial charge in [-0.2, -0.15) is 0 Å². The maximum absolute atomic E-state index is 11.9. The highest BCUT2D eigenvalue weighted by Gasteiger charge is 2.32. The van der Waals surface area contributed by atoms with Crippen molar-refractivity contribution in [2.45, 2.75) is 85.7 Å².